The Balaban J connectivity index is 1.45. The summed E-state index contributed by atoms with van der Waals surface area (Å²) >= 11 is 7.54. The maximum absolute atomic E-state index is 12.4. The van der Waals surface area contributed by atoms with Gasteiger partial charge in [0.15, 0.2) is 0 Å². The number of benzene rings is 1. The Morgan fingerprint density at radius 3 is 2.65 bits per heavy atom. The van der Waals surface area contributed by atoms with Crippen molar-refractivity contribution in [3.05, 3.63) is 66.2 Å². The number of rotatable bonds is 6. The van der Waals surface area contributed by atoms with Crippen LogP contribution >= 0.6 is 22.9 Å². The van der Waals surface area contributed by atoms with E-state index in [-0.39, 0.29) is 16.7 Å². The number of carbonyl (C=O) groups excluding carboxylic acids is 1. The number of aromatic nitrogens is 2. The molecule has 3 heterocycles. The largest absolute Gasteiger partial charge is 0.465 e. The van der Waals surface area contributed by atoms with Crippen molar-refractivity contribution >= 4 is 34.6 Å². The topological polar surface area (TPSA) is 90.5 Å². The van der Waals surface area contributed by atoms with Gasteiger partial charge in [-0.2, -0.15) is 0 Å². The lowest BCUT2D eigenvalue weighted by Gasteiger charge is -2.31. The predicted molar refractivity (Wildman–Crippen MR) is 133 cm³/mol. The number of methoxy groups -OCH3 is 1. The van der Waals surface area contributed by atoms with Crippen LogP contribution < -0.4 is 0 Å². The van der Waals surface area contributed by atoms with Gasteiger partial charge in [-0.25, -0.2) is 9.78 Å². The number of ether oxygens (including phenoxy) is 1. The molecule has 2 aromatic heterocycles. The zero-order chi connectivity index (χ0) is 24.6. The molecule has 0 saturated carbocycles. The van der Waals surface area contributed by atoms with Crippen molar-refractivity contribution in [2.75, 3.05) is 20.2 Å². The minimum atomic E-state index is -0.476. The first kappa shape index (κ1) is 24.4. The molecule has 180 valence electrons. The van der Waals surface area contributed by atoms with Crippen molar-refractivity contribution in [1.82, 2.24) is 14.5 Å². The maximum Gasteiger partial charge on any atom is 0.340 e. The van der Waals surface area contributed by atoms with Crippen LogP contribution in [-0.2, 0) is 18.3 Å². The Kier molecular flexibility index (Phi) is 7.06. The summed E-state index contributed by atoms with van der Waals surface area (Å²) in [6, 6.07) is 4.79. The molecular formula is C24H27ClN4O4S. The van der Waals surface area contributed by atoms with Crippen LogP contribution in [0.2, 0.25) is 5.02 Å². The zero-order valence-electron chi connectivity index (χ0n) is 19.6. The van der Waals surface area contributed by atoms with E-state index in [4.69, 9.17) is 21.3 Å². The molecule has 8 nitrogen and oxygen atoms in total. The van der Waals surface area contributed by atoms with Gasteiger partial charge < -0.3 is 9.30 Å². The highest BCUT2D eigenvalue weighted by molar-refractivity contribution is 7.10. The number of hydrogen-bond acceptors (Lipinski definition) is 7. The van der Waals surface area contributed by atoms with Crippen LogP contribution in [0.4, 0.5) is 5.69 Å². The van der Waals surface area contributed by atoms with Crippen LogP contribution in [0.3, 0.4) is 0 Å². The number of esters is 1. The van der Waals surface area contributed by atoms with Crippen molar-refractivity contribution in [3.8, 4) is 11.3 Å². The van der Waals surface area contributed by atoms with Crippen molar-refractivity contribution in [3.63, 3.8) is 0 Å². The number of nitro groups is 1. The van der Waals surface area contributed by atoms with E-state index in [1.54, 1.807) is 23.5 Å². The summed E-state index contributed by atoms with van der Waals surface area (Å²) < 4.78 is 7.08. The van der Waals surface area contributed by atoms with Gasteiger partial charge in [-0.1, -0.05) is 17.7 Å². The molecule has 1 aliphatic heterocycles. The summed E-state index contributed by atoms with van der Waals surface area (Å²) in [5.74, 6) is 0.0554. The van der Waals surface area contributed by atoms with Gasteiger partial charge in [0.05, 0.1) is 28.3 Å². The van der Waals surface area contributed by atoms with Crippen molar-refractivity contribution in [1.29, 1.82) is 0 Å². The molecule has 0 spiro atoms. The Labute approximate surface area is 207 Å². The fourth-order valence-electron chi connectivity index (χ4n) is 4.57. The Bertz CT molecular complexity index is 1240. The number of nitrogens with zero attached hydrogens (tertiary/aromatic N) is 4. The molecule has 0 bridgehead atoms. The molecule has 1 saturated heterocycles. The minimum absolute atomic E-state index is 0.111. The molecule has 0 aliphatic carbocycles. The summed E-state index contributed by atoms with van der Waals surface area (Å²) in [4.78, 5) is 30.3. The van der Waals surface area contributed by atoms with Gasteiger partial charge in [0.25, 0.3) is 5.69 Å². The molecule has 0 atom stereocenters. The fraction of sp³-hybridized carbons (Fsp3) is 0.417. The standard InChI is InChI=1S/C24H27ClN4O4S/c1-14-18(22(24(30)33-4)15(2)27(14)3)12-28-9-7-16(8-10-28)23-26-20(13-34-23)17-5-6-19(25)21(11-17)29(31)32/h5-6,11,13,16H,7-10,12H2,1-4H3. The lowest BCUT2D eigenvalue weighted by atomic mass is 9.96. The first-order chi connectivity index (χ1) is 16.2. The quantitative estimate of drug-likeness (QED) is 0.251. The van der Waals surface area contributed by atoms with Crippen LogP contribution in [0, 0.1) is 24.0 Å². The van der Waals surface area contributed by atoms with Crippen molar-refractivity contribution < 1.29 is 14.5 Å². The van der Waals surface area contributed by atoms with Gasteiger partial charge in [-0.3, -0.25) is 15.0 Å². The third-order valence-corrected chi connectivity index (χ3v) is 8.10. The second-order valence-corrected chi connectivity index (χ2v) is 9.92. The van der Waals surface area contributed by atoms with E-state index in [1.165, 1.54) is 13.2 Å². The second-order valence-electron chi connectivity index (χ2n) is 8.62. The number of nitro benzene ring substituents is 1. The highest BCUT2D eigenvalue weighted by Gasteiger charge is 2.28. The molecular weight excluding hydrogens is 476 g/mol. The molecule has 0 unspecified atom stereocenters. The lowest BCUT2D eigenvalue weighted by molar-refractivity contribution is -0.384. The third-order valence-electron chi connectivity index (χ3n) is 6.78. The number of halogens is 1. The highest BCUT2D eigenvalue weighted by Crippen LogP contribution is 2.36. The van der Waals surface area contributed by atoms with Gasteiger partial charge in [0.1, 0.15) is 5.02 Å². The van der Waals surface area contributed by atoms with Gasteiger partial charge in [-0.05, 0) is 45.8 Å². The number of piperidine rings is 1. The van der Waals surface area contributed by atoms with Gasteiger partial charge >= 0.3 is 5.97 Å². The van der Waals surface area contributed by atoms with Gasteiger partial charge in [-0.15, -0.1) is 11.3 Å². The monoisotopic (exact) mass is 502 g/mol. The van der Waals surface area contributed by atoms with E-state index in [2.05, 4.69) is 4.90 Å². The Morgan fingerprint density at radius 1 is 1.29 bits per heavy atom. The van der Waals surface area contributed by atoms with E-state index >= 15 is 0 Å². The number of carbonyl (C=O) groups is 1. The molecule has 0 radical (unpaired) electrons. The van der Waals surface area contributed by atoms with Crippen molar-refractivity contribution in [2.24, 2.45) is 7.05 Å². The van der Waals surface area contributed by atoms with Crippen LogP contribution in [-0.4, -0.2) is 45.5 Å². The fourth-order valence-corrected chi connectivity index (χ4v) is 5.76. The van der Waals surface area contributed by atoms with E-state index < -0.39 is 4.92 Å². The smallest absolute Gasteiger partial charge is 0.340 e. The molecule has 0 N–H and O–H groups in total. The second kappa shape index (κ2) is 9.85. The van der Waals surface area contributed by atoms with Gasteiger partial charge in [0, 0.05) is 53.5 Å². The first-order valence-electron chi connectivity index (χ1n) is 11.1. The highest BCUT2D eigenvalue weighted by atomic mass is 35.5. The number of hydrogen-bond donors (Lipinski definition) is 0. The molecule has 3 aromatic rings. The summed E-state index contributed by atoms with van der Waals surface area (Å²) in [7, 11) is 3.39. The van der Waals surface area contributed by atoms with Gasteiger partial charge in [0.2, 0.25) is 0 Å². The van der Waals surface area contributed by atoms with E-state index in [0.29, 0.717) is 23.6 Å². The average molecular weight is 503 g/mol. The lowest BCUT2D eigenvalue weighted by Crippen LogP contribution is -2.33. The maximum atomic E-state index is 12.4. The molecule has 34 heavy (non-hydrogen) atoms. The normalized spacial score (nSPS) is 15.0. The molecule has 4 rings (SSSR count). The molecule has 10 heteroatoms. The Morgan fingerprint density at radius 2 is 2.00 bits per heavy atom. The van der Waals surface area contributed by atoms with Crippen LogP contribution in [0.25, 0.3) is 11.3 Å². The first-order valence-corrected chi connectivity index (χ1v) is 12.3. The van der Waals surface area contributed by atoms with Crippen LogP contribution in [0.5, 0.6) is 0 Å². The predicted octanol–water partition coefficient (Wildman–Crippen LogP) is 5.49. The van der Waals surface area contributed by atoms with Crippen LogP contribution in [0.1, 0.15) is 51.1 Å². The molecule has 1 fully saturated rings. The minimum Gasteiger partial charge on any atom is -0.465 e. The zero-order valence-corrected chi connectivity index (χ0v) is 21.2. The number of thiazole rings is 1. The molecule has 1 aliphatic rings. The number of likely N-dealkylation sites (tertiary alicyclic amines) is 1. The molecule has 0 amide bonds. The summed E-state index contributed by atoms with van der Waals surface area (Å²) in [5, 5.41) is 14.3. The van der Waals surface area contributed by atoms with Crippen LogP contribution in [0.15, 0.2) is 23.6 Å². The van der Waals surface area contributed by atoms with E-state index in [0.717, 1.165) is 53.6 Å². The van der Waals surface area contributed by atoms with E-state index in [1.807, 2.05) is 30.8 Å². The average Bonchev–Trinajstić information content (AvgIpc) is 3.40. The molecule has 1 aromatic carbocycles. The van der Waals surface area contributed by atoms with E-state index in [9.17, 15) is 14.9 Å². The third kappa shape index (κ3) is 4.60. The Hall–Kier alpha value is -2.75. The summed E-state index contributed by atoms with van der Waals surface area (Å²) in [6.07, 6.45) is 1.93. The summed E-state index contributed by atoms with van der Waals surface area (Å²) in [5.41, 5.74) is 5.03. The summed E-state index contributed by atoms with van der Waals surface area (Å²) in [6.45, 7) is 6.51. The van der Waals surface area contributed by atoms with Crippen molar-refractivity contribution in [2.45, 2.75) is 39.2 Å². The SMILES string of the molecule is COC(=O)c1c(CN2CCC(c3nc(-c4ccc(Cl)c([N+](=O)[O-])c4)cs3)CC2)c(C)n(C)c1C.